The first-order valence-corrected chi connectivity index (χ1v) is 8.57. The van der Waals surface area contributed by atoms with Crippen LogP contribution in [0.1, 0.15) is 5.56 Å². The predicted octanol–water partition coefficient (Wildman–Crippen LogP) is 3.41. The van der Waals surface area contributed by atoms with E-state index >= 15 is 0 Å². The maximum Gasteiger partial charge on any atom is 0.139 e. The molecule has 1 aromatic heterocycles. The van der Waals surface area contributed by atoms with Crippen LogP contribution in [-0.4, -0.2) is 44.2 Å². The zero-order valence-electron chi connectivity index (χ0n) is 13.4. The summed E-state index contributed by atoms with van der Waals surface area (Å²) in [6.07, 6.45) is 1.51. The molecular formula is C16H19BrClN5. The van der Waals surface area contributed by atoms with Crippen molar-refractivity contribution in [3.63, 3.8) is 0 Å². The summed E-state index contributed by atoms with van der Waals surface area (Å²) in [4.78, 5) is 15.1. The summed E-state index contributed by atoms with van der Waals surface area (Å²) in [5, 5.41) is 0.515. The average Bonchev–Trinajstić information content (AvgIpc) is 2.51. The van der Waals surface area contributed by atoms with Gasteiger partial charge in [0.05, 0.1) is 16.9 Å². The molecule has 0 N–H and O–H groups in total. The zero-order valence-corrected chi connectivity index (χ0v) is 15.8. The summed E-state index contributed by atoms with van der Waals surface area (Å²) >= 11 is 9.91. The first kappa shape index (κ1) is 16.3. The third-order valence-electron chi connectivity index (χ3n) is 4.04. The van der Waals surface area contributed by atoms with Crippen molar-refractivity contribution >= 4 is 44.7 Å². The van der Waals surface area contributed by atoms with Gasteiger partial charge in [0.15, 0.2) is 0 Å². The molecule has 0 spiro atoms. The van der Waals surface area contributed by atoms with Gasteiger partial charge in [0.25, 0.3) is 0 Å². The van der Waals surface area contributed by atoms with Crippen molar-refractivity contribution in [2.75, 3.05) is 48.9 Å². The molecule has 0 atom stereocenters. The number of likely N-dealkylation sites (N-methyl/N-ethyl adjacent to an activating group) is 1. The smallest absolute Gasteiger partial charge is 0.139 e. The summed E-state index contributed by atoms with van der Waals surface area (Å²) in [6, 6.07) is 6.36. The van der Waals surface area contributed by atoms with Crippen molar-refractivity contribution < 1.29 is 0 Å². The maximum atomic E-state index is 6.35. The Bertz CT molecular complexity index is 722. The number of anilines is 3. The van der Waals surface area contributed by atoms with Gasteiger partial charge in [0.1, 0.15) is 17.3 Å². The molecule has 0 amide bonds. The monoisotopic (exact) mass is 395 g/mol. The lowest BCUT2D eigenvalue weighted by Gasteiger charge is -2.37. The minimum absolute atomic E-state index is 0.515. The van der Waals surface area contributed by atoms with E-state index in [1.807, 2.05) is 19.0 Å². The van der Waals surface area contributed by atoms with Gasteiger partial charge in [0.2, 0.25) is 0 Å². The summed E-state index contributed by atoms with van der Waals surface area (Å²) in [5.41, 5.74) is 3.37. The molecule has 2 aromatic rings. The molecular weight excluding hydrogens is 378 g/mol. The lowest BCUT2D eigenvalue weighted by atomic mass is 10.1. The summed E-state index contributed by atoms with van der Waals surface area (Å²) in [7, 11) is 6.06. The van der Waals surface area contributed by atoms with Crippen LogP contribution in [0.2, 0.25) is 5.15 Å². The zero-order chi connectivity index (χ0) is 16.6. The van der Waals surface area contributed by atoms with Gasteiger partial charge in [-0.2, -0.15) is 0 Å². The fraction of sp³-hybridized carbons (Fsp3) is 0.375. The van der Waals surface area contributed by atoms with Crippen molar-refractivity contribution in [1.29, 1.82) is 0 Å². The molecule has 122 valence electrons. The molecule has 1 aliphatic rings. The number of fused-ring (bicyclic) bond motifs is 1. The quantitative estimate of drug-likeness (QED) is 0.743. The molecule has 0 fully saturated rings. The Kier molecular flexibility index (Phi) is 4.64. The lowest BCUT2D eigenvalue weighted by Crippen LogP contribution is -2.39. The fourth-order valence-electron chi connectivity index (χ4n) is 2.84. The van der Waals surface area contributed by atoms with Crippen LogP contribution in [0.4, 0.5) is 17.2 Å². The van der Waals surface area contributed by atoms with E-state index in [1.54, 1.807) is 0 Å². The number of halogens is 2. The van der Waals surface area contributed by atoms with Crippen molar-refractivity contribution in [2.24, 2.45) is 0 Å². The van der Waals surface area contributed by atoms with E-state index in [0.29, 0.717) is 11.7 Å². The molecule has 1 aliphatic heterocycles. The first-order valence-electron chi connectivity index (χ1n) is 7.39. The van der Waals surface area contributed by atoms with Crippen LogP contribution in [0, 0.1) is 0 Å². The van der Waals surface area contributed by atoms with Gasteiger partial charge in [-0.3, -0.25) is 0 Å². The second-order valence-electron chi connectivity index (χ2n) is 5.84. The van der Waals surface area contributed by atoms with Crippen LogP contribution in [0.15, 0.2) is 29.0 Å². The number of hydrogen-bond acceptors (Lipinski definition) is 5. The summed E-state index contributed by atoms with van der Waals surface area (Å²) in [5.74, 6) is 0.864. The van der Waals surface area contributed by atoms with Gasteiger partial charge in [0, 0.05) is 45.3 Å². The Labute approximate surface area is 150 Å². The average molecular weight is 397 g/mol. The van der Waals surface area contributed by atoms with E-state index in [4.69, 9.17) is 11.6 Å². The summed E-state index contributed by atoms with van der Waals surface area (Å²) in [6.45, 7) is 2.59. The highest BCUT2D eigenvalue weighted by Crippen LogP contribution is 2.36. The number of hydrogen-bond donors (Lipinski definition) is 0. The van der Waals surface area contributed by atoms with Crippen LogP contribution in [-0.2, 0) is 6.54 Å². The molecule has 2 heterocycles. The van der Waals surface area contributed by atoms with Crippen molar-refractivity contribution in [2.45, 2.75) is 6.54 Å². The molecule has 0 saturated carbocycles. The minimum atomic E-state index is 0.515. The van der Waals surface area contributed by atoms with Crippen molar-refractivity contribution in [3.05, 3.63) is 39.7 Å². The highest BCUT2D eigenvalue weighted by molar-refractivity contribution is 9.10. The summed E-state index contributed by atoms with van der Waals surface area (Å²) < 4.78 is 1.08. The predicted molar refractivity (Wildman–Crippen MR) is 99.8 cm³/mol. The number of aromatic nitrogens is 2. The Morgan fingerprint density at radius 3 is 2.74 bits per heavy atom. The van der Waals surface area contributed by atoms with Crippen molar-refractivity contribution in [3.8, 4) is 0 Å². The highest BCUT2D eigenvalue weighted by Gasteiger charge is 2.23. The Morgan fingerprint density at radius 2 is 2.00 bits per heavy atom. The molecule has 0 saturated heterocycles. The normalized spacial score (nSPS) is 14.0. The molecule has 5 nitrogen and oxygen atoms in total. The fourth-order valence-corrected chi connectivity index (χ4v) is 3.38. The standard InChI is InChI=1S/C16H19BrClN5/c1-21(2)16-12(15(18)19-10-20-16)9-23-7-6-22(3)14-8-11(17)4-5-13(14)23/h4-5,8,10H,6-7,9H2,1-3H3. The number of benzene rings is 1. The van der Waals surface area contributed by atoms with Gasteiger partial charge in [-0.05, 0) is 18.2 Å². The maximum absolute atomic E-state index is 6.35. The van der Waals surface area contributed by atoms with E-state index < -0.39 is 0 Å². The largest absolute Gasteiger partial charge is 0.371 e. The van der Waals surface area contributed by atoms with Gasteiger partial charge in [-0.15, -0.1) is 0 Å². The molecule has 0 radical (unpaired) electrons. The lowest BCUT2D eigenvalue weighted by molar-refractivity contribution is 0.730. The van der Waals surface area contributed by atoms with E-state index in [9.17, 15) is 0 Å². The Hall–Kier alpha value is -1.53. The van der Waals surface area contributed by atoms with E-state index in [1.165, 1.54) is 17.7 Å². The molecule has 0 unspecified atom stereocenters. The number of nitrogens with zero attached hydrogens (tertiary/aromatic N) is 5. The molecule has 0 bridgehead atoms. The van der Waals surface area contributed by atoms with E-state index in [2.05, 4.69) is 60.9 Å². The highest BCUT2D eigenvalue weighted by atomic mass is 79.9. The molecule has 1 aromatic carbocycles. The molecule has 0 aliphatic carbocycles. The van der Waals surface area contributed by atoms with Gasteiger partial charge in [-0.1, -0.05) is 27.5 Å². The third kappa shape index (κ3) is 3.23. The Morgan fingerprint density at radius 1 is 1.22 bits per heavy atom. The topological polar surface area (TPSA) is 35.5 Å². The van der Waals surface area contributed by atoms with E-state index in [0.717, 1.165) is 28.9 Å². The SMILES string of the molecule is CN(C)c1ncnc(Cl)c1CN1CCN(C)c2cc(Br)ccc21. The van der Waals surface area contributed by atoms with Crippen LogP contribution >= 0.6 is 27.5 Å². The second kappa shape index (κ2) is 6.53. The number of rotatable bonds is 3. The van der Waals surface area contributed by atoms with E-state index in [-0.39, 0.29) is 0 Å². The Balaban J connectivity index is 1.98. The third-order valence-corrected chi connectivity index (χ3v) is 4.86. The van der Waals surface area contributed by atoms with Crippen LogP contribution < -0.4 is 14.7 Å². The first-order chi connectivity index (χ1) is 11.0. The van der Waals surface area contributed by atoms with Gasteiger partial charge < -0.3 is 14.7 Å². The molecule has 3 rings (SSSR count). The van der Waals surface area contributed by atoms with Crippen LogP contribution in [0.25, 0.3) is 0 Å². The minimum Gasteiger partial charge on any atom is -0.371 e. The van der Waals surface area contributed by atoms with Crippen LogP contribution in [0.3, 0.4) is 0 Å². The second-order valence-corrected chi connectivity index (χ2v) is 7.11. The van der Waals surface area contributed by atoms with Gasteiger partial charge >= 0.3 is 0 Å². The van der Waals surface area contributed by atoms with Crippen LogP contribution in [0.5, 0.6) is 0 Å². The molecule has 7 heteroatoms. The van der Waals surface area contributed by atoms with Crippen molar-refractivity contribution in [1.82, 2.24) is 9.97 Å². The van der Waals surface area contributed by atoms with Gasteiger partial charge in [-0.25, -0.2) is 9.97 Å². The molecule has 23 heavy (non-hydrogen) atoms.